The Balaban J connectivity index is 1.46. The number of benzene rings is 1. The van der Waals surface area contributed by atoms with Gasteiger partial charge in [0.2, 0.25) is 5.91 Å². The molecule has 1 fully saturated rings. The van der Waals surface area contributed by atoms with Crippen LogP contribution in [0.1, 0.15) is 58.1 Å². The van der Waals surface area contributed by atoms with Crippen molar-refractivity contribution < 1.29 is 19.4 Å². The molecule has 2 aromatic rings. The number of aromatic hydroxyl groups is 1. The van der Waals surface area contributed by atoms with Crippen molar-refractivity contribution in [3.05, 3.63) is 45.8 Å². The fourth-order valence-corrected chi connectivity index (χ4v) is 5.60. The van der Waals surface area contributed by atoms with E-state index >= 15 is 0 Å². The molecule has 32 heavy (non-hydrogen) atoms. The van der Waals surface area contributed by atoms with E-state index in [1.807, 2.05) is 12.1 Å². The molecule has 1 aromatic heterocycles. The first-order valence-electron chi connectivity index (χ1n) is 11.1. The SMILES string of the molecule is COCCCNC(=O)c1c(NC(=O)C2CC(c3ccccc3O)NN2)sc2c1CCCC2. The Hall–Kier alpha value is -2.46. The van der Waals surface area contributed by atoms with Crippen LogP contribution in [0, 0.1) is 0 Å². The number of carbonyl (C=O) groups excluding carboxylic acids is 2. The third-order valence-electron chi connectivity index (χ3n) is 5.98. The zero-order valence-electron chi connectivity index (χ0n) is 18.2. The van der Waals surface area contributed by atoms with Gasteiger partial charge in [0.15, 0.2) is 0 Å². The lowest BCUT2D eigenvalue weighted by molar-refractivity contribution is -0.117. The minimum atomic E-state index is -0.476. The summed E-state index contributed by atoms with van der Waals surface area (Å²) >= 11 is 1.52. The summed E-state index contributed by atoms with van der Waals surface area (Å²) in [5.74, 6) is -0.130. The van der Waals surface area contributed by atoms with Crippen LogP contribution < -0.4 is 21.5 Å². The lowest BCUT2D eigenvalue weighted by Gasteiger charge is -2.14. The van der Waals surface area contributed by atoms with E-state index in [-0.39, 0.29) is 23.6 Å². The number of thiophene rings is 1. The number of methoxy groups -OCH3 is 1. The number of carbonyl (C=O) groups is 2. The van der Waals surface area contributed by atoms with Gasteiger partial charge in [0.05, 0.1) is 11.6 Å². The molecule has 9 heteroatoms. The number of para-hydroxylation sites is 1. The van der Waals surface area contributed by atoms with E-state index in [4.69, 9.17) is 4.74 Å². The summed E-state index contributed by atoms with van der Waals surface area (Å²) < 4.78 is 5.05. The molecular formula is C23H30N4O4S. The van der Waals surface area contributed by atoms with Gasteiger partial charge in [-0.05, 0) is 50.2 Å². The maximum atomic E-state index is 13.0. The van der Waals surface area contributed by atoms with E-state index in [0.717, 1.165) is 43.2 Å². The molecule has 2 unspecified atom stereocenters. The molecule has 1 aliphatic heterocycles. The Bertz CT molecular complexity index is 977. The number of ether oxygens (including phenoxy) is 1. The molecule has 2 heterocycles. The van der Waals surface area contributed by atoms with Crippen molar-refractivity contribution in [3.8, 4) is 5.75 Å². The third kappa shape index (κ3) is 4.96. The van der Waals surface area contributed by atoms with Gasteiger partial charge in [-0.2, -0.15) is 0 Å². The normalized spacial score (nSPS) is 20.0. The summed E-state index contributed by atoms with van der Waals surface area (Å²) in [5, 5.41) is 16.7. The van der Waals surface area contributed by atoms with Gasteiger partial charge >= 0.3 is 0 Å². The average Bonchev–Trinajstić information content (AvgIpc) is 3.42. The second-order valence-electron chi connectivity index (χ2n) is 8.19. The highest BCUT2D eigenvalue weighted by atomic mass is 32.1. The van der Waals surface area contributed by atoms with Crippen LogP contribution >= 0.6 is 11.3 Å². The number of anilines is 1. The summed E-state index contributed by atoms with van der Waals surface area (Å²) in [5.41, 5.74) is 8.56. The van der Waals surface area contributed by atoms with Crippen LogP contribution in [-0.4, -0.2) is 43.2 Å². The third-order valence-corrected chi connectivity index (χ3v) is 7.18. The zero-order valence-corrected chi connectivity index (χ0v) is 19.0. The highest BCUT2D eigenvalue weighted by molar-refractivity contribution is 7.17. The van der Waals surface area contributed by atoms with E-state index in [9.17, 15) is 14.7 Å². The number of rotatable bonds is 8. The summed E-state index contributed by atoms with van der Waals surface area (Å²) in [6.45, 7) is 1.12. The summed E-state index contributed by atoms with van der Waals surface area (Å²) in [7, 11) is 1.64. The number of hydrogen-bond donors (Lipinski definition) is 5. The van der Waals surface area contributed by atoms with Gasteiger partial charge in [0.25, 0.3) is 5.91 Å². The van der Waals surface area contributed by atoms with E-state index in [1.54, 1.807) is 19.2 Å². The molecule has 2 aliphatic rings. The second-order valence-corrected chi connectivity index (χ2v) is 9.30. The van der Waals surface area contributed by atoms with Crippen LogP contribution in [-0.2, 0) is 22.4 Å². The molecule has 1 aromatic carbocycles. The Morgan fingerprint density at radius 3 is 2.84 bits per heavy atom. The van der Waals surface area contributed by atoms with Gasteiger partial charge in [0.1, 0.15) is 16.8 Å². The van der Waals surface area contributed by atoms with Gasteiger partial charge in [-0.1, -0.05) is 18.2 Å². The van der Waals surface area contributed by atoms with E-state index in [2.05, 4.69) is 21.5 Å². The van der Waals surface area contributed by atoms with Crippen molar-refractivity contribution in [3.63, 3.8) is 0 Å². The summed E-state index contributed by atoms with van der Waals surface area (Å²) in [6.07, 6.45) is 5.19. The highest BCUT2D eigenvalue weighted by Crippen LogP contribution is 2.38. The van der Waals surface area contributed by atoms with Gasteiger partial charge in [-0.15, -0.1) is 11.3 Å². The molecule has 0 saturated carbocycles. The fraction of sp³-hybridized carbons (Fsp3) is 0.478. The topological polar surface area (TPSA) is 112 Å². The van der Waals surface area contributed by atoms with Crippen LogP contribution in [0.2, 0.25) is 0 Å². The first-order chi connectivity index (χ1) is 15.6. The predicted molar refractivity (Wildman–Crippen MR) is 124 cm³/mol. The molecule has 1 saturated heterocycles. The van der Waals surface area contributed by atoms with E-state index in [0.29, 0.717) is 30.1 Å². The Kier molecular flexibility index (Phi) is 7.41. The van der Waals surface area contributed by atoms with Gasteiger partial charge in [-0.25, -0.2) is 10.9 Å². The maximum Gasteiger partial charge on any atom is 0.254 e. The number of hydrazine groups is 1. The molecule has 0 radical (unpaired) electrons. The number of phenols is 1. The largest absolute Gasteiger partial charge is 0.508 e. The molecule has 5 N–H and O–H groups in total. The van der Waals surface area contributed by atoms with Gasteiger partial charge in [-0.3, -0.25) is 9.59 Å². The smallest absolute Gasteiger partial charge is 0.254 e. The zero-order chi connectivity index (χ0) is 22.5. The fourth-order valence-electron chi connectivity index (χ4n) is 4.31. The lowest BCUT2D eigenvalue weighted by Crippen LogP contribution is -2.39. The number of fused-ring (bicyclic) bond motifs is 1. The van der Waals surface area contributed by atoms with Gasteiger partial charge in [0, 0.05) is 30.7 Å². The highest BCUT2D eigenvalue weighted by Gasteiger charge is 2.33. The molecule has 8 nitrogen and oxygen atoms in total. The summed E-state index contributed by atoms with van der Waals surface area (Å²) in [6, 6.07) is 6.46. The van der Waals surface area contributed by atoms with Crippen molar-refractivity contribution >= 4 is 28.2 Å². The monoisotopic (exact) mass is 458 g/mol. The molecular weight excluding hydrogens is 428 g/mol. The van der Waals surface area contributed by atoms with Crippen LogP contribution in [0.4, 0.5) is 5.00 Å². The van der Waals surface area contributed by atoms with Crippen LogP contribution in [0.15, 0.2) is 24.3 Å². The molecule has 2 atom stereocenters. The van der Waals surface area contributed by atoms with E-state index < -0.39 is 6.04 Å². The van der Waals surface area contributed by atoms with Crippen molar-refractivity contribution in [2.75, 3.05) is 25.6 Å². The predicted octanol–water partition coefficient (Wildman–Crippen LogP) is 2.65. The number of aryl methyl sites for hydroxylation is 1. The first kappa shape index (κ1) is 22.7. The molecule has 0 spiro atoms. The van der Waals surface area contributed by atoms with Crippen molar-refractivity contribution in [1.82, 2.24) is 16.2 Å². The standard InChI is InChI=1S/C23H30N4O4S/c1-31-12-6-11-24-22(30)20-15-8-3-5-10-19(15)32-23(20)25-21(29)17-13-16(26-27-17)14-7-2-4-9-18(14)28/h2,4,7,9,16-17,26-28H,3,5-6,8,10-13H2,1H3,(H,24,30)(H,25,29). The molecule has 4 rings (SSSR count). The van der Waals surface area contributed by atoms with Crippen molar-refractivity contribution in [2.24, 2.45) is 0 Å². The van der Waals surface area contributed by atoms with Crippen LogP contribution in [0.5, 0.6) is 5.75 Å². The molecule has 172 valence electrons. The minimum absolute atomic E-state index is 0.139. The quantitative estimate of drug-likeness (QED) is 0.389. The number of amides is 2. The summed E-state index contributed by atoms with van der Waals surface area (Å²) in [4.78, 5) is 27.2. The first-order valence-corrected chi connectivity index (χ1v) is 11.9. The molecule has 2 amide bonds. The van der Waals surface area contributed by atoms with Gasteiger partial charge < -0.3 is 20.5 Å². The Morgan fingerprint density at radius 1 is 1.22 bits per heavy atom. The maximum absolute atomic E-state index is 13.0. The second kappa shape index (κ2) is 10.4. The number of phenolic OH excluding ortho intramolecular Hbond substituents is 1. The van der Waals surface area contributed by atoms with E-state index in [1.165, 1.54) is 16.2 Å². The Labute approximate surface area is 191 Å². The lowest BCUT2D eigenvalue weighted by atomic mass is 9.95. The van der Waals surface area contributed by atoms with Crippen molar-refractivity contribution in [2.45, 2.75) is 50.6 Å². The Morgan fingerprint density at radius 2 is 2.03 bits per heavy atom. The molecule has 0 bridgehead atoms. The minimum Gasteiger partial charge on any atom is -0.508 e. The molecule has 1 aliphatic carbocycles. The van der Waals surface area contributed by atoms with Crippen LogP contribution in [0.25, 0.3) is 0 Å². The number of hydrogen-bond acceptors (Lipinski definition) is 7. The van der Waals surface area contributed by atoms with Crippen LogP contribution in [0.3, 0.4) is 0 Å². The van der Waals surface area contributed by atoms with Crippen molar-refractivity contribution in [1.29, 1.82) is 0 Å². The number of nitrogens with one attached hydrogen (secondary N) is 4. The average molecular weight is 459 g/mol.